The third-order valence-electron chi connectivity index (χ3n) is 3.56. The van der Waals surface area contributed by atoms with Crippen LogP contribution in [0.1, 0.15) is 39.0 Å². The molecule has 1 saturated heterocycles. The largest absolute Gasteiger partial charge is 0.314 e. The molecule has 1 saturated carbocycles. The summed E-state index contributed by atoms with van der Waals surface area (Å²) < 4.78 is 0. The molecule has 1 aliphatic carbocycles. The Morgan fingerprint density at radius 3 is 2.73 bits per heavy atom. The van der Waals surface area contributed by atoms with Gasteiger partial charge in [-0.15, -0.1) is 0 Å². The van der Waals surface area contributed by atoms with Gasteiger partial charge in [0.05, 0.1) is 0 Å². The summed E-state index contributed by atoms with van der Waals surface area (Å²) in [6.07, 6.45) is 7.27. The predicted molar refractivity (Wildman–Crippen MR) is 47.5 cm³/mol. The Labute approximate surface area is 69.6 Å². The molecule has 0 amide bonds. The second kappa shape index (κ2) is 3.14. The van der Waals surface area contributed by atoms with Gasteiger partial charge in [-0.05, 0) is 37.6 Å². The molecule has 1 N–H and O–H groups in total. The first-order chi connectivity index (χ1) is 5.38. The Morgan fingerprint density at radius 2 is 1.91 bits per heavy atom. The number of hydrogen-bond donors (Lipinski definition) is 1. The van der Waals surface area contributed by atoms with Crippen molar-refractivity contribution in [2.24, 2.45) is 11.8 Å². The lowest BCUT2D eigenvalue weighted by Crippen LogP contribution is -2.46. The summed E-state index contributed by atoms with van der Waals surface area (Å²) in [5, 5.41) is 3.65. The Hall–Kier alpha value is -0.0400. The van der Waals surface area contributed by atoms with Crippen LogP contribution in [-0.4, -0.2) is 12.6 Å². The molecule has 2 rings (SSSR count). The predicted octanol–water partition coefficient (Wildman–Crippen LogP) is 2.17. The average Bonchev–Trinajstić information content (AvgIpc) is 2.06. The van der Waals surface area contributed by atoms with Crippen molar-refractivity contribution in [3.05, 3.63) is 0 Å². The summed E-state index contributed by atoms with van der Waals surface area (Å²) >= 11 is 0. The van der Waals surface area contributed by atoms with Crippen LogP contribution in [0.5, 0.6) is 0 Å². The van der Waals surface area contributed by atoms with Crippen LogP contribution in [0, 0.1) is 11.8 Å². The highest BCUT2D eigenvalue weighted by Crippen LogP contribution is 2.34. The number of hydrogen-bond acceptors (Lipinski definition) is 1. The van der Waals surface area contributed by atoms with Crippen molar-refractivity contribution in [1.82, 2.24) is 5.32 Å². The monoisotopic (exact) mass is 153 g/mol. The van der Waals surface area contributed by atoms with Crippen LogP contribution in [0.25, 0.3) is 0 Å². The van der Waals surface area contributed by atoms with E-state index >= 15 is 0 Å². The van der Waals surface area contributed by atoms with Crippen molar-refractivity contribution < 1.29 is 0 Å². The normalized spacial score (nSPS) is 45.0. The van der Waals surface area contributed by atoms with Crippen molar-refractivity contribution in [2.45, 2.75) is 45.1 Å². The molecule has 0 aromatic rings. The molecule has 11 heavy (non-hydrogen) atoms. The topological polar surface area (TPSA) is 12.0 Å². The molecular weight excluding hydrogens is 134 g/mol. The fraction of sp³-hybridized carbons (Fsp3) is 1.00. The highest BCUT2D eigenvalue weighted by atomic mass is 14.9. The second-order valence-electron chi connectivity index (χ2n) is 4.27. The summed E-state index contributed by atoms with van der Waals surface area (Å²) in [4.78, 5) is 0. The maximum Gasteiger partial charge on any atom is 0.00978 e. The minimum absolute atomic E-state index is 0.882. The minimum atomic E-state index is 0.882. The molecule has 2 aliphatic rings. The molecule has 0 radical (unpaired) electrons. The molecule has 1 nitrogen and oxygen atoms in total. The van der Waals surface area contributed by atoms with Crippen LogP contribution in [0.15, 0.2) is 0 Å². The number of nitrogens with one attached hydrogen (secondary N) is 1. The average molecular weight is 153 g/mol. The fourth-order valence-corrected chi connectivity index (χ4v) is 2.80. The molecule has 1 aliphatic heterocycles. The molecular formula is C10H19N. The zero-order valence-corrected chi connectivity index (χ0v) is 7.47. The number of rotatable bonds is 0. The third-order valence-corrected chi connectivity index (χ3v) is 3.56. The van der Waals surface area contributed by atoms with Gasteiger partial charge in [0.15, 0.2) is 0 Å². The molecule has 1 heterocycles. The molecule has 0 aromatic carbocycles. The lowest BCUT2D eigenvalue weighted by molar-refractivity contribution is 0.151. The van der Waals surface area contributed by atoms with Gasteiger partial charge in [-0.25, -0.2) is 0 Å². The van der Waals surface area contributed by atoms with Gasteiger partial charge < -0.3 is 5.32 Å². The lowest BCUT2D eigenvalue weighted by atomic mass is 9.74. The summed E-state index contributed by atoms with van der Waals surface area (Å²) in [6.45, 7) is 3.70. The van der Waals surface area contributed by atoms with E-state index in [1.54, 1.807) is 0 Å². The third kappa shape index (κ3) is 1.44. The van der Waals surface area contributed by atoms with Gasteiger partial charge in [0.2, 0.25) is 0 Å². The minimum Gasteiger partial charge on any atom is -0.314 e. The van der Waals surface area contributed by atoms with Gasteiger partial charge in [-0.2, -0.15) is 0 Å². The lowest BCUT2D eigenvalue weighted by Gasteiger charge is -2.40. The first-order valence-electron chi connectivity index (χ1n) is 5.11. The molecule has 0 bridgehead atoms. The Bertz CT molecular complexity index is 131. The smallest absolute Gasteiger partial charge is 0.00978 e. The van der Waals surface area contributed by atoms with Crippen molar-refractivity contribution in [3.63, 3.8) is 0 Å². The maximum absolute atomic E-state index is 3.65. The van der Waals surface area contributed by atoms with Crippen molar-refractivity contribution >= 4 is 0 Å². The van der Waals surface area contributed by atoms with E-state index in [2.05, 4.69) is 12.2 Å². The maximum atomic E-state index is 3.65. The van der Waals surface area contributed by atoms with E-state index in [4.69, 9.17) is 0 Å². The van der Waals surface area contributed by atoms with Crippen molar-refractivity contribution in [2.75, 3.05) is 6.54 Å². The highest BCUT2D eigenvalue weighted by Gasteiger charge is 2.31. The first kappa shape index (κ1) is 7.60. The zero-order valence-electron chi connectivity index (χ0n) is 7.47. The van der Waals surface area contributed by atoms with Crippen LogP contribution in [0.3, 0.4) is 0 Å². The van der Waals surface area contributed by atoms with E-state index < -0.39 is 0 Å². The first-order valence-corrected chi connectivity index (χ1v) is 5.11. The van der Waals surface area contributed by atoms with E-state index in [1.807, 2.05) is 0 Å². The fourth-order valence-electron chi connectivity index (χ4n) is 2.80. The highest BCUT2D eigenvalue weighted by molar-refractivity contribution is 4.87. The molecule has 3 atom stereocenters. The van der Waals surface area contributed by atoms with Crippen LogP contribution in [0.2, 0.25) is 0 Å². The Morgan fingerprint density at radius 1 is 1.09 bits per heavy atom. The van der Waals surface area contributed by atoms with Crippen LogP contribution >= 0.6 is 0 Å². The van der Waals surface area contributed by atoms with E-state index in [0.717, 1.165) is 17.9 Å². The summed E-state index contributed by atoms with van der Waals surface area (Å²) in [6, 6.07) is 0.882. The van der Waals surface area contributed by atoms with Gasteiger partial charge in [-0.1, -0.05) is 19.8 Å². The van der Waals surface area contributed by atoms with Gasteiger partial charge in [0.25, 0.3) is 0 Å². The van der Waals surface area contributed by atoms with Crippen LogP contribution in [0.4, 0.5) is 0 Å². The molecule has 64 valence electrons. The summed E-state index contributed by atoms with van der Waals surface area (Å²) in [5.41, 5.74) is 0. The van der Waals surface area contributed by atoms with Crippen LogP contribution < -0.4 is 5.32 Å². The van der Waals surface area contributed by atoms with Gasteiger partial charge in [0.1, 0.15) is 0 Å². The molecule has 0 unspecified atom stereocenters. The Balaban J connectivity index is 1.99. The molecule has 0 aromatic heterocycles. The van der Waals surface area contributed by atoms with E-state index in [-0.39, 0.29) is 0 Å². The van der Waals surface area contributed by atoms with Crippen molar-refractivity contribution in [1.29, 1.82) is 0 Å². The molecule has 0 spiro atoms. The quantitative estimate of drug-likeness (QED) is 0.562. The summed E-state index contributed by atoms with van der Waals surface area (Å²) in [7, 11) is 0. The van der Waals surface area contributed by atoms with Crippen molar-refractivity contribution in [3.8, 4) is 0 Å². The van der Waals surface area contributed by atoms with Gasteiger partial charge in [0, 0.05) is 6.04 Å². The molecule has 2 fully saturated rings. The standard InChI is InChI=1S/C10H19N/c1-8-6-7-11-10-5-3-2-4-9(8)10/h8-11H,2-7H2,1H3/t8-,9+,10+/m0/s1. The van der Waals surface area contributed by atoms with E-state index in [0.29, 0.717) is 0 Å². The zero-order chi connectivity index (χ0) is 7.68. The summed E-state index contributed by atoms with van der Waals surface area (Å²) in [5.74, 6) is 2.00. The number of piperidine rings is 1. The second-order valence-corrected chi connectivity index (χ2v) is 4.27. The SMILES string of the molecule is C[C@H]1CCN[C@@H]2CCCC[C@H]12. The van der Waals surface area contributed by atoms with Gasteiger partial charge in [-0.3, -0.25) is 0 Å². The van der Waals surface area contributed by atoms with E-state index in [9.17, 15) is 0 Å². The number of fused-ring (bicyclic) bond motifs is 1. The Kier molecular flexibility index (Phi) is 2.17. The van der Waals surface area contributed by atoms with Gasteiger partial charge >= 0.3 is 0 Å². The van der Waals surface area contributed by atoms with E-state index in [1.165, 1.54) is 38.6 Å². The molecule has 1 heteroatoms. The van der Waals surface area contributed by atoms with Crippen LogP contribution in [-0.2, 0) is 0 Å².